The summed E-state index contributed by atoms with van der Waals surface area (Å²) in [5, 5.41) is 3.35. The predicted octanol–water partition coefficient (Wildman–Crippen LogP) is 2.78. The van der Waals surface area contributed by atoms with Crippen LogP contribution in [0, 0.1) is 5.92 Å². The number of nitrogens with one attached hydrogen (secondary N) is 1. The van der Waals surface area contributed by atoms with Crippen molar-refractivity contribution in [3.05, 3.63) is 25.4 Å². The topological polar surface area (TPSA) is 24.4 Å². The lowest BCUT2D eigenvalue weighted by Crippen LogP contribution is -2.33. The van der Waals surface area contributed by atoms with E-state index in [2.05, 4.69) is 23.5 Å². The van der Waals surface area contributed by atoms with E-state index < -0.39 is 0 Å². The highest BCUT2D eigenvalue weighted by atomic mass is 14.9. The summed E-state index contributed by atoms with van der Waals surface area (Å²) in [6, 6.07) is 0. The van der Waals surface area contributed by atoms with Gasteiger partial charge in [0.05, 0.1) is 0 Å². The van der Waals surface area contributed by atoms with Gasteiger partial charge in [-0.05, 0) is 25.5 Å². The Labute approximate surface area is 87.8 Å². The molecule has 1 heterocycles. The van der Waals surface area contributed by atoms with Crippen molar-refractivity contribution in [2.75, 3.05) is 13.1 Å². The van der Waals surface area contributed by atoms with Crippen LogP contribution in [0.15, 0.2) is 30.4 Å². The van der Waals surface area contributed by atoms with Gasteiger partial charge < -0.3 is 5.32 Å². The summed E-state index contributed by atoms with van der Waals surface area (Å²) >= 11 is 0. The number of nitrogens with zero attached hydrogens (tertiary/aromatic N) is 1. The van der Waals surface area contributed by atoms with Crippen molar-refractivity contribution in [1.82, 2.24) is 5.32 Å². The third-order valence-electron chi connectivity index (χ3n) is 2.16. The maximum Gasteiger partial charge on any atom is 0.0441 e. The second-order valence-electron chi connectivity index (χ2n) is 2.98. The third kappa shape index (κ3) is 4.38. The molecule has 1 aliphatic heterocycles. The molecule has 0 aliphatic carbocycles. The van der Waals surface area contributed by atoms with Crippen molar-refractivity contribution in [2.45, 2.75) is 26.7 Å². The van der Waals surface area contributed by atoms with Crippen molar-refractivity contribution < 1.29 is 0 Å². The van der Waals surface area contributed by atoms with Crippen LogP contribution in [-0.2, 0) is 0 Å². The van der Waals surface area contributed by atoms with Gasteiger partial charge in [0.2, 0.25) is 0 Å². The van der Waals surface area contributed by atoms with Gasteiger partial charge in [0.25, 0.3) is 0 Å². The van der Waals surface area contributed by atoms with Crippen LogP contribution in [0.2, 0.25) is 0 Å². The minimum atomic E-state index is 0.536. The molecule has 0 saturated carbocycles. The van der Waals surface area contributed by atoms with Gasteiger partial charge in [-0.1, -0.05) is 27.0 Å². The number of aliphatic imine (C=N–C) groups is 1. The molecule has 14 heavy (non-hydrogen) atoms. The van der Waals surface area contributed by atoms with Gasteiger partial charge in [-0.3, -0.25) is 4.99 Å². The van der Waals surface area contributed by atoms with E-state index in [9.17, 15) is 0 Å². The number of hydrogen-bond donors (Lipinski definition) is 1. The Kier molecular flexibility index (Phi) is 8.14. The van der Waals surface area contributed by atoms with Gasteiger partial charge in [0, 0.05) is 24.4 Å². The molecule has 1 N–H and O–H groups in total. The van der Waals surface area contributed by atoms with E-state index in [1.165, 1.54) is 12.8 Å². The van der Waals surface area contributed by atoms with E-state index in [0.717, 1.165) is 18.8 Å². The molecule has 0 bridgehead atoms. The highest BCUT2D eigenvalue weighted by molar-refractivity contribution is 5.97. The lowest BCUT2D eigenvalue weighted by molar-refractivity contribution is 0.459. The number of hydrogen-bond acceptors (Lipinski definition) is 2. The van der Waals surface area contributed by atoms with Crippen LogP contribution in [0.5, 0.6) is 0 Å². The van der Waals surface area contributed by atoms with Gasteiger partial charge in [-0.15, -0.1) is 0 Å². The predicted molar refractivity (Wildman–Crippen MR) is 64.8 cm³/mol. The Hall–Kier alpha value is -0.890. The van der Waals surface area contributed by atoms with Crippen molar-refractivity contribution in [3.8, 4) is 0 Å². The molecule has 2 nitrogen and oxygen atoms in total. The Morgan fingerprint density at radius 1 is 1.43 bits per heavy atom. The molecule has 0 spiro atoms. The first-order chi connectivity index (χ1) is 6.88. The van der Waals surface area contributed by atoms with Crippen molar-refractivity contribution in [1.29, 1.82) is 0 Å². The zero-order chi connectivity index (χ0) is 10.8. The molecule has 1 fully saturated rings. The lowest BCUT2D eigenvalue weighted by Gasteiger charge is -2.22. The molecule has 0 amide bonds. The largest absolute Gasteiger partial charge is 0.316 e. The molecule has 1 atom stereocenters. The fourth-order valence-electron chi connectivity index (χ4n) is 1.53. The van der Waals surface area contributed by atoms with Gasteiger partial charge in [0.15, 0.2) is 0 Å². The molecule has 0 aromatic rings. The maximum atomic E-state index is 4.19. The van der Waals surface area contributed by atoms with Crippen LogP contribution >= 0.6 is 0 Å². The maximum absolute atomic E-state index is 4.19. The summed E-state index contributed by atoms with van der Waals surface area (Å²) in [6.07, 6.45) is 5.87. The van der Waals surface area contributed by atoms with Crippen LogP contribution in [0.4, 0.5) is 0 Å². The summed E-state index contributed by atoms with van der Waals surface area (Å²) in [6.45, 7) is 13.5. The molecule has 2 heteroatoms. The van der Waals surface area contributed by atoms with Crippen molar-refractivity contribution in [3.63, 3.8) is 0 Å². The zero-order valence-corrected chi connectivity index (χ0v) is 9.42. The van der Waals surface area contributed by atoms with Crippen LogP contribution < -0.4 is 5.32 Å². The first kappa shape index (κ1) is 13.1. The fourth-order valence-corrected chi connectivity index (χ4v) is 1.53. The Morgan fingerprint density at radius 3 is 2.57 bits per heavy atom. The Balaban J connectivity index is 0.000000791. The van der Waals surface area contributed by atoms with E-state index in [-0.39, 0.29) is 0 Å². The average Bonchev–Trinajstić information content (AvgIpc) is 2.30. The van der Waals surface area contributed by atoms with Crippen LogP contribution in [0.3, 0.4) is 0 Å². The summed E-state index contributed by atoms with van der Waals surface area (Å²) in [5.41, 5.74) is 1.07. The summed E-state index contributed by atoms with van der Waals surface area (Å²) < 4.78 is 0. The highest BCUT2D eigenvalue weighted by Gasteiger charge is 2.15. The van der Waals surface area contributed by atoms with E-state index >= 15 is 0 Å². The monoisotopic (exact) mass is 194 g/mol. The number of rotatable bonds is 3. The van der Waals surface area contributed by atoms with E-state index in [1.807, 2.05) is 19.9 Å². The fraction of sp³-hybridized carbons (Fsp3) is 0.583. The van der Waals surface area contributed by atoms with E-state index in [4.69, 9.17) is 0 Å². The highest BCUT2D eigenvalue weighted by Crippen LogP contribution is 2.12. The number of allylic oxidation sites excluding steroid dienone is 1. The lowest BCUT2D eigenvalue weighted by atomic mass is 9.94. The zero-order valence-electron chi connectivity index (χ0n) is 9.42. The summed E-state index contributed by atoms with van der Waals surface area (Å²) in [4.78, 5) is 4.19. The van der Waals surface area contributed by atoms with Gasteiger partial charge in [-0.2, -0.15) is 0 Å². The summed E-state index contributed by atoms with van der Waals surface area (Å²) in [7, 11) is 0. The van der Waals surface area contributed by atoms with Gasteiger partial charge in [-0.25, -0.2) is 0 Å². The molecular weight excluding hydrogens is 172 g/mol. The third-order valence-corrected chi connectivity index (χ3v) is 2.16. The van der Waals surface area contributed by atoms with Crippen molar-refractivity contribution >= 4 is 5.71 Å². The van der Waals surface area contributed by atoms with Crippen LogP contribution in [0.25, 0.3) is 0 Å². The molecule has 0 radical (unpaired) electrons. The van der Waals surface area contributed by atoms with E-state index in [1.54, 1.807) is 6.20 Å². The van der Waals surface area contributed by atoms with Crippen LogP contribution in [-0.4, -0.2) is 18.8 Å². The van der Waals surface area contributed by atoms with Gasteiger partial charge >= 0.3 is 0 Å². The molecule has 80 valence electrons. The first-order valence-electron chi connectivity index (χ1n) is 5.40. The summed E-state index contributed by atoms with van der Waals surface area (Å²) in [5.74, 6) is 0.536. The molecule has 1 aliphatic rings. The quantitative estimate of drug-likeness (QED) is 0.686. The molecule has 1 saturated heterocycles. The van der Waals surface area contributed by atoms with Crippen LogP contribution in [0.1, 0.15) is 26.7 Å². The second kappa shape index (κ2) is 8.70. The SMILES string of the molecule is C=CN=C(C=C)C1CCCNC1.CC. The van der Waals surface area contributed by atoms with Gasteiger partial charge in [0.1, 0.15) is 0 Å². The smallest absolute Gasteiger partial charge is 0.0441 e. The van der Waals surface area contributed by atoms with E-state index in [0.29, 0.717) is 5.92 Å². The average molecular weight is 194 g/mol. The normalized spacial score (nSPS) is 21.9. The first-order valence-corrected chi connectivity index (χ1v) is 5.40. The standard InChI is InChI=1S/C10H16N2.C2H6/c1-3-10(12-4-2)9-6-5-7-11-8-9;1-2/h3-4,9,11H,1-2,5-8H2;1-2H3. The molecule has 0 aromatic heterocycles. The molecular formula is C12H22N2. The number of piperidine rings is 1. The minimum absolute atomic E-state index is 0.536. The Morgan fingerprint density at radius 2 is 2.14 bits per heavy atom. The minimum Gasteiger partial charge on any atom is -0.316 e. The second-order valence-corrected chi connectivity index (χ2v) is 2.98. The molecule has 1 unspecified atom stereocenters. The molecule has 1 rings (SSSR count). The Bertz CT molecular complexity index is 188. The van der Waals surface area contributed by atoms with Crippen molar-refractivity contribution in [2.24, 2.45) is 10.9 Å². The molecule has 0 aromatic carbocycles.